The van der Waals surface area contributed by atoms with Crippen LogP contribution in [0.4, 0.5) is 5.82 Å². The number of hydrogen-bond acceptors (Lipinski definition) is 5. The number of rotatable bonds is 4. The van der Waals surface area contributed by atoms with E-state index in [2.05, 4.69) is 15.4 Å². The summed E-state index contributed by atoms with van der Waals surface area (Å²) in [5.74, 6) is 6.69. The first-order chi connectivity index (χ1) is 9.12. The molecule has 1 heterocycles. The molecule has 0 aliphatic rings. The normalized spacial score (nSPS) is 10.5. The second-order valence-corrected chi connectivity index (χ2v) is 5.59. The Labute approximate surface area is 125 Å². The van der Waals surface area contributed by atoms with Crippen LogP contribution in [0.2, 0.25) is 10.0 Å². The van der Waals surface area contributed by atoms with Crippen LogP contribution in [0, 0.1) is 0 Å². The Hall–Kier alpha value is -1.01. The van der Waals surface area contributed by atoms with Gasteiger partial charge in [0.15, 0.2) is 0 Å². The summed E-state index contributed by atoms with van der Waals surface area (Å²) in [7, 11) is 0. The van der Waals surface area contributed by atoms with Gasteiger partial charge in [-0.05, 0) is 18.2 Å². The number of aromatic nitrogens is 2. The molecule has 100 valence electrons. The zero-order chi connectivity index (χ0) is 13.8. The average molecular weight is 315 g/mol. The lowest BCUT2D eigenvalue weighted by molar-refractivity contribution is 0.888. The van der Waals surface area contributed by atoms with Crippen LogP contribution in [0.25, 0.3) is 0 Å². The van der Waals surface area contributed by atoms with Crippen LogP contribution in [0.3, 0.4) is 0 Å². The van der Waals surface area contributed by atoms with Gasteiger partial charge in [-0.1, -0.05) is 41.9 Å². The molecule has 0 amide bonds. The van der Waals surface area contributed by atoms with Crippen molar-refractivity contribution < 1.29 is 0 Å². The first-order valence-electron chi connectivity index (χ1n) is 5.60. The third-order valence-electron chi connectivity index (χ3n) is 2.32. The molecule has 4 nitrogen and oxygen atoms in total. The molecule has 0 spiro atoms. The fraction of sp³-hybridized carbons (Fsp3) is 0.167. The molecule has 0 atom stereocenters. The molecule has 0 unspecified atom stereocenters. The van der Waals surface area contributed by atoms with E-state index in [0.717, 1.165) is 22.2 Å². The monoisotopic (exact) mass is 314 g/mol. The second kappa shape index (κ2) is 6.43. The number of nitrogens with zero attached hydrogens (tertiary/aromatic N) is 2. The topological polar surface area (TPSA) is 63.8 Å². The Morgan fingerprint density at radius 3 is 2.74 bits per heavy atom. The maximum absolute atomic E-state index is 6.13. The Balaban J connectivity index is 2.34. The summed E-state index contributed by atoms with van der Waals surface area (Å²) in [6.07, 6.45) is 0.729. The van der Waals surface area contributed by atoms with Crippen LogP contribution in [-0.4, -0.2) is 9.97 Å². The van der Waals surface area contributed by atoms with Gasteiger partial charge in [-0.2, -0.15) is 0 Å². The number of nitrogens with one attached hydrogen (secondary N) is 1. The van der Waals surface area contributed by atoms with Gasteiger partial charge in [-0.15, -0.1) is 0 Å². The van der Waals surface area contributed by atoms with Crippen molar-refractivity contribution in [3.63, 3.8) is 0 Å². The van der Waals surface area contributed by atoms with Crippen molar-refractivity contribution in [2.45, 2.75) is 23.3 Å². The largest absolute Gasteiger partial charge is 0.308 e. The Bertz CT molecular complexity index is 570. The highest BCUT2D eigenvalue weighted by atomic mass is 35.5. The van der Waals surface area contributed by atoms with Crippen LogP contribution in [0.1, 0.15) is 12.7 Å². The molecule has 0 bridgehead atoms. The number of nitrogen functional groups attached to an aromatic ring is 1. The van der Waals surface area contributed by atoms with E-state index < -0.39 is 0 Å². The van der Waals surface area contributed by atoms with Crippen LogP contribution in [0.15, 0.2) is 34.2 Å². The molecule has 19 heavy (non-hydrogen) atoms. The molecule has 7 heteroatoms. The number of hydrogen-bond donors (Lipinski definition) is 2. The van der Waals surface area contributed by atoms with E-state index in [1.807, 2.05) is 6.92 Å². The molecule has 0 saturated heterocycles. The van der Waals surface area contributed by atoms with E-state index in [-0.39, 0.29) is 0 Å². The zero-order valence-electron chi connectivity index (χ0n) is 10.2. The highest BCUT2D eigenvalue weighted by Gasteiger charge is 2.08. The van der Waals surface area contributed by atoms with Gasteiger partial charge >= 0.3 is 0 Å². The van der Waals surface area contributed by atoms with Gasteiger partial charge in [-0.3, -0.25) is 0 Å². The standard InChI is InChI=1S/C12H12Cl2N4S/c1-2-10-16-11(18-15)6-12(17-10)19-9-5-7(13)3-4-8(9)14/h3-6H,2,15H2,1H3,(H,16,17,18). The minimum Gasteiger partial charge on any atom is -0.308 e. The fourth-order valence-corrected chi connectivity index (χ4v) is 2.79. The van der Waals surface area contributed by atoms with Gasteiger partial charge in [0.25, 0.3) is 0 Å². The molecule has 3 N–H and O–H groups in total. The number of hydrazine groups is 1. The zero-order valence-corrected chi connectivity index (χ0v) is 12.5. The van der Waals surface area contributed by atoms with Crippen molar-refractivity contribution >= 4 is 40.8 Å². The van der Waals surface area contributed by atoms with Gasteiger partial charge in [0.1, 0.15) is 16.7 Å². The van der Waals surface area contributed by atoms with E-state index in [4.69, 9.17) is 29.0 Å². The first-order valence-corrected chi connectivity index (χ1v) is 7.17. The van der Waals surface area contributed by atoms with E-state index in [0.29, 0.717) is 15.9 Å². The SMILES string of the molecule is CCc1nc(NN)cc(Sc2cc(Cl)ccc2Cl)n1. The van der Waals surface area contributed by atoms with Gasteiger partial charge < -0.3 is 5.43 Å². The second-order valence-electron chi connectivity index (χ2n) is 3.68. The van der Waals surface area contributed by atoms with Crippen LogP contribution < -0.4 is 11.3 Å². The van der Waals surface area contributed by atoms with Crippen LogP contribution in [-0.2, 0) is 6.42 Å². The van der Waals surface area contributed by atoms with E-state index in [1.54, 1.807) is 24.3 Å². The smallest absolute Gasteiger partial charge is 0.144 e. The summed E-state index contributed by atoms with van der Waals surface area (Å²) in [5.41, 5.74) is 2.53. The lowest BCUT2D eigenvalue weighted by Gasteiger charge is -2.07. The predicted octanol–water partition coefficient (Wildman–Crippen LogP) is 3.78. The number of aryl methyl sites for hydroxylation is 1. The molecule has 1 aromatic heterocycles. The molecular formula is C12H12Cl2N4S. The highest BCUT2D eigenvalue weighted by Crippen LogP contribution is 2.34. The third-order valence-corrected chi connectivity index (χ3v) is 3.97. The third kappa shape index (κ3) is 3.73. The van der Waals surface area contributed by atoms with Gasteiger partial charge in [0.2, 0.25) is 0 Å². The Morgan fingerprint density at radius 1 is 1.26 bits per heavy atom. The molecule has 0 saturated carbocycles. The minimum atomic E-state index is 0.576. The molecule has 0 fully saturated rings. The maximum Gasteiger partial charge on any atom is 0.144 e. The summed E-state index contributed by atoms with van der Waals surface area (Å²) >= 11 is 13.5. The molecule has 2 aromatic rings. The maximum atomic E-state index is 6.13. The molecule has 0 radical (unpaired) electrons. The first kappa shape index (κ1) is 14.4. The Morgan fingerprint density at radius 2 is 2.05 bits per heavy atom. The van der Waals surface area contributed by atoms with Crippen molar-refractivity contribution in [3.8, 4) is 0 Å². The molecule has 0 aliphatic carbocycles. The number of nitrogens with two attached hydrogens (primary N) is 1. The van der Waals surface area contributed by atoms with E-state index >= 15 is 0 Å². The predicted molar refractivity (Wildman–Crippen MR) is 79.8 cm³/mol. The summed E-state index contributed by atoms with van der Waals surface area (Å²) in [5, 5.41) is 2.03. The van der Waals surface area contributed by atoms with Crippen molar-refractivity contribution in [1.29, 1.82) is 0 Å². The molecular weight excluding hydrogens is 303 g/mol. The van der Waals surface area contributed by atoms with Crippen LogP contribution in [0.5, 0.6) is 0 Å². The number of halogens is 2. The van der Waals surface area contributed by atoms with E-state index in [9.17, 15) is 0 Å². The number of benzene rings is 1. The fourth-order valence-electron chi connectivity index (χ4n) is 1.43. The van der Waals surface area contributed by atoms with Gasteiger partial charge in [0.05, 0.1) is 5.02 Å². The van der Waals surface area contributed by atoms with Gasteiger partial charge in [0, 0.05) is 22.4 Å². The lowest BCUT2D eigenvalue weighted by atomic mass is 10.4. The van der Waals surface area contributed by atoms with Gasteiger partial charge in [-0.25, -0.2) is 15.8 Å². The van der Waals surface area contributed by atoms with Crippen molar-refractivity contribution in [2.24, 2.45) is 5.84 Å². The van der Waals surface area contributed by atoms with Crippen molar-refractivity contribution in [2.75, 3.05) is 5.43 Å². The molecule has 0 aliphatic heterocycles. The lowest BCUT2D eigenvalue weighted by Crippen LogP contribution is -2.10. The minimum absolute atomic E-state index is 0.576. The quantitative estimate of drug-likeness (QED) is 0.511. The summed E-state index contributed by atoms with van der Waals surface area (Å²) in [4.78, 5) is 9.50. The Kier molecular flexibility index (Phi) is 4.87. The van der Waals surface area contributed by atoms with Crippen LogP contribution >= 0.6 is 35.0 Å². The molecule has 2 rings (SSSR count). The number of anilines is 1. The highest BCUT2D eigenvalue weighted by molar-refractivity contribution is 7.99. The summed E-state index contributed by atoms with van der Waals surface area (Å²) in [6.45, 7) is 1.98. The molecule has 1 aromatic carbocycles. The van der Waals surface area contributed by atoms with Crippen molar-refractivity contribution in [3.05, 3.63) is 40.1 Å². The summed E-state index contributed by atoms with van der Waals surface area (Å²) < 4.78 is 0. The van der Waals surface area contributed by atoms with Crippen molar-refractivity contribution in [1.82, 2.24) is 9.97 Å². The summed E-state index contributed by atoms with van der Waals surface area (Å²) in [6, 6.07) is 7.08. The average Bonchev–Trinajstić information content (AvgIpc) is 2.42. The van der Waals surface area contributed by atoms with E-state index in [1.165, 1.54) is 11.8 Å².